The molecule has 2 saturated carbocycles. The van der Waals surface area contributed by atoms with Crippen molar-refractivity contribution in [1.82, 2.24) is 10.2 Å². The summed E-state index contributed by atoms with van der Waals surface area (Å²) in [5, 5.41) is 12.7. The summed E-state index contributed by atoms with van der Waals surface area (Å²) in [6.07, 6.45) is 7.48. The third-order valence-electron chi connectivity index (χ3n) is 4.92. The second kappa shape index (κ2) is 6.04. The molecule has 0 bridgehead atoms. The van der Waals surface area contributed by atoms with Crippen molar-refractivity contribution in [3.05, 3.63) is 0 Å². The lowest BCUT2D eigenvalue weighted by atomic mass is 9.86. The van der Waals surface area contributed by atoms with Crippen molar-refractivity contribution in [3.63, 3.8) is 0 Å². The van der Waals surface area contributed by atoms with Crippen LogP contribution in [0.5, 0.6) is 0 Å². The Morgan fingerprint density at radius 1 is 1.39 bits per heavy atom. The van der Waals surface area contributed by atoms with Crippen molar-refractivity contribution < 1.29 is 0 Å². The van der Waals surface area contributed by atoms with Crippen LogP contribution in [0, 0.1) is 23.2 Å². The van der Waals surface area contributed by atoms with Crippen molar-refractivity contribution in [2.45, 2.75) is 51.0 Å². The number of nitrogens with zero attached hydrogens (tertiary/aromatic N) is 2. The summed E-state index contributed by atoms with van der Waals surface area (Å²) < 4.78 is 0. The highest BCUT2D eigenvalue weighted by molar-refractivity contribution is 5.13. The molecule has 0 radical (unpaired) electrons. The summed E-state index contributed by atoms with van der Waals surface area (Å²) in [5.74, 6) is 1.51. The molecule has 2 unspecified atom stereocenters. The van der Waals surface area contributed by atoms with E-state index in [1.165, 1.54) is 45.2 Å². The van der Waals surface area contributed by atoms with E-state index in [0.717, 1.165) is 18.9 Å². The van der Waals surface area contributed by atoms with E-state index in [1.54, 1.807) is 0 Å². The van der Waals surface area contributed by atoms with Gasteiger partial charge in [-0.3, -0.25) is 0 Å². The predicted molar refractivity (Wildman–Crippen MR) is 74.2 cm³/mol. The molecular formula is C15H27N3. The maximum atomic E-state index is 9.44. The zero-order chi connectivity index (χ0) is 13.0. The van der Waals surface area contributed by atoms with Crippen LogP contribution in [0.2, 0.25) is 0 Å². The van der Waals surface area contributed by atoms with E-state index < -0.39 is 0 Å². The number of nitriles is 1. The minimum Gasteiger partial charge on any atom is -0.303 e. The first-order chi connectivity index (χ1) is 8.74. The first-order valence-electron chi connectivity index (χ1n) is 7.56. The molecule has 18 heavy (non-hydrogen) atoms. The van der Waals surface area contributed by atoms with Gasteiger partial charge in [-0.15, -0.1) is 0 Å². The van der Waals surface area contributed by atoms with E-state index >= 15 is 0 Å². The van der Waals surface area contributed by atoms with Crippen molar-refractivity contribution >= 4 is 0 Å². The maximum absolute atomic E-state index is 9.44. The van der Waals surface area contributed by atoms with E-state index in [0.29, 0.717) is 5.92 Å². The Morgan fingerprint density at radius 2 is 2.17 bits per heavy atom. The maximum Gasteiger partial charge on any atom is 0.109 e. The molecule has 0 aromatic rings. The Balaban J connectivity index is 1.82. The van der Waals surface area contributed by atoms with Gasteiger partial charge in [-0.25, -0.2) is 0 Å². The second-order valence-corrected chi connectivity index (χ2v) is 6.05. The second-order valence-electron chi connectivity index (χ2n) is 6.05. The van der Waals surface area contributed by atoms with Gasteiger partial charge in [0.25, 0.3) is 0 Å². The lowest BCUT2D eigenvalue weighted by molar-refractivity contribution is 0.228. The minimum absolute atomic E-state index is 0.237. The molecule has 0 saturated heterocycles. The van der Waals surface area contributed by atoms with Crippen molar-refractivity contribution in [1.29, 1.82) is 5.26 Å². The summed E-state index contributed by atoms with van der Waals surface area (Å²) >= 11 is 0. The quantitative estimate of drug-likeness (QED) is 0.753. The van der Waals surface area contributed by atoms with Gasteiger partial charge in [-0.2, -0.15) is 5.26 Å². The molecule has 3 heteroatoms. The van der Waals surface area contributed by atoms with Crippen molar-refractivity contribution in [3.8, 4) is 6.07 Å². The lowest BCUT2D eigenvalue weighted by Crippen LogP contribution is -2.45. The highest BCUT2D eigenvalue weighted by atomic mass is 15.1. The fourth-order valence-electron chi connectivity index (χ4n) is 3.38. The molecule has 0 aromatic carbocycles. The normalized spacial score (nSPS) is 31.8. The molecule has 2 fully saturated rings. The van der Waals surface area contributed by atoms with Gasteiger partial charge in [0, 0.05) is 6.54 Å². The molecule has 102 valence electrons. The van der Waals surface area contributed by atoms with Crippen LogP contribution in [0.4, 0.5) is 0 Å². The molecule has 1 N–H and O–H groups in total. The summed E-state index contributed by atoms with van der Waals surface area (Å²) in [5.41, 5.74) is -0.237. The molecular weight excluding hydrogens is 222 g/mol. The van der Waals surface area contributed by atoms with Gasteiger partial charge < -0.3 is 10.2 Å². The zero-order valence-electron chi connectivity index (χ0n) is 11.9. The lowest BCUT2D eigenvalue weighted by Gasteiger charge is -2.30. The third kappa shape index (κ3) is 3.05. The van der Waals surface area contributed by atoms with Gasteiger partial charge in [0.05, 0.1) is 6.07 Å². The smallest absolute Gasteiger partial charge is 0.109 e. The SMILES string of the molecule is CCN(CCC1CCCC1(C#N)NC)CC1CC1. The molecule has 0 heterocycles. The standard InChI is InChI=1S/C15H27N3/c1-3-18(11-13-6-7-13)10-8-14-5-4-9-15(14,12-16)17-2/h13-14,17H,3-11H2,1-2H3. The molecule has 0 aliphatic heterocycles. The molecule has 0 aromatic heterocycles. The summed E-state index contributed by atoms with van der Waals surface area (Å²) in [7, 11) is 1.95. The van der Waals surface area contributed by atoms with E-state index in [2.05, 4.69) is 23.2 Å². The van der Waals surface area contributed by atoms with Crippen molar-refractivity contribution in [2.75, 3.05) is 26.7 Å². The Labute approximate surface area is 112 Å². The Morgan fingerprint density at radius 3 is 2.72 bits per heavy atom. The third-order valence-corrected chi connectivity index (χ3v) is 4.92. The molecule has 2 aliphatic rings. The van der Waals surface area contributed by atoms with Crippen LogP contribution in [0.25, 0.3) is 0 Å². The first kappa shape index (κ1) is 13.8. The van der Waals surface area contributed by atoms with Gasteiger partial charge in [-0.1, -0.05) is 13.3 Å². The Kier molecular flexibility index (Phi) is 4.64. The molecule has 0 spiro atoms. The van der Waals surface area contributed by atoms with E-state index in [-0.39, 0.29) is 5.54 Å². The highest BCUT2D eigenvalue weighted by Gasteiger charge is 2.41. The van der Waals surface area contributed by atoms with Crippen molar-refractivity contribution in [2.24, 2.45) is 11.8 Å². The topological polar surface area (TPSA) is 39.1 Å². The number of hydrogen-bond donors (Lipinski definition) is 1. The van der Waals surface area contributed by atoms with Gasteiger partial charge in [0.15, 0.2) is 0 Å². The number of hydrogen-bond acceptors (Lipinski definition) is 3. The van der Waals surface area contributed by atoms with Crippen LogP contribution in [0.1, 0.15) is 45.4 Å². The largest absolute Gasteiger partial charge is 0.303 e. The van der Waals surface area contributed by atoms with Crippen LogP contribution in [-0.4, -0.2) is 37.1 Å². The number of nitrogens with one attached hydrogen (secondary N) is 1. The molecule has 0 amide bonds. The van der Waals surface area contributed by atoms with Crippen LogP contribution >= 0.6 is 0 Å². The molecule has 3 nitrogen and oxygen atoms in total. The van der Waals surface area contributed by atoms with Crippen LogP contribution in [0.15, 0.2) is 0 Å². The van der Waals surface area contributed by atoms with E-state index in [9.17, 15) is 5.26 Å². The van der Waals surface area contributed by atoms with Gasteiger partial charge in [0.1, 0.15) is 5.54 Å². The average molecular weight is 249 g/mol. The van der Waals surface area contributed by atoms with Crippen LogP contribution in [-0.2, 0) is 0 Å². The van der Waals surface area contributed by atoms with E-state index in [1.807, 2.05) is 7.05 Å². The Bertz CT molecular complexity index is 305. The molecule has 2 atom stereocenters. The minimum atomic E-state index is -0.237. The fraction of sp³-hybridized carbons (Fsp3) is 0.933. The summed E-state index contributed by atoms with van der Waals surface area (Å²) in [6.45, 7) is 5.86. The summed E-state index contributed by atoms with van der Waals surface area (Å²) in [4.78, 5) is 2.58. The van der Waals surface area contributed by atoms with Crippen LogP contribution < -0.4 is 5.32 Å². The number of rotatable bonds is 7. The van der Waals surface area contributed by atoms with Gasteiger partial charge in [0.2, 0.25) is 0 Å². The monoisotopic (exact) mass is 249 g/mol. The molecule has 2 aliphatic carbocycles. The average Bonchev–Trinajstić information content (AvgIpc) is 3.13. The summed E-state index contributed by atoms with van der Waals surface area (Å²) in [6, 6.07) is 2.54. The van der Waals surface area contributed by atoms with Gasteiger partial charge in [-0.05, 0) is 64.1 Å². The molecule has 2 rings (SSSR count). The fourth-order valence-corrected chi connectivity index (χ4v) is 3.38. The van der Waals surface area contributed by atoms with Crippen LogP contribution in [0.3, 0.4) is 0 Å². The zero-order valence-corrected chi connectivity index (χ0v) is 11.9. The van der Waals surface area contributed by atoms with E-state index in [4.69, 9.17) is 0 Å². The Hall–Kier alpha value is -0.590. The highest BCUT2D eigenvalue weighted by Crippen LogP contribution is 2.37. The predicted octanol–water partition coefficient (Wildman–Crippen LogP) is 2.39. The van der Waals surface area contributed by atoms with Gasteiger partial charge >= 0.3 is 0 Å². The first-order valence-corrected chi connectivity index (χ1v) is 7.56.